The Hall–Kier alpha value is -1.77. The minimum atomic E-state index is 0.663. The van der Waals surface area contributed by atoms with Gasteiger partial charge in [-0.2, -0.15) is 0 Å². The molecule has 88 valence electrons. The molecule has 1 heterocycles. The number of nitrogens with one attached hydrogen (secondary N) is 1. The molecule has 1 aromatic carbocycles. The van der Waals surface area contributed by atoms with Gasteiger partial charge in [0.2, 0.25) is 0 Å². The summed E-state index contributed by atoms with van der Waals surface area (Å²) < 4.78 is 0. The molecule has 1 aromatic heterocycles. The Bertz CT molecular complexity index is 539. The molecule has 1 saturated carbocycles. The van der Waals surface area contributed by atoms with Gasteiger partial charge >= 0.3 is 0 Å². The molecular weight excluding hydrogens is 210 g/mol. The van der Waals surface area contributed by atoms with Crippen molar-refractivity contribution in [3.8, 4) is 0 Å². The molecule has 0 amide bonds. The van der Waals surface area contributed by atoms with E-state index in [1.807, 2.05) is 20.3 Å². The van der Waals surface area contributed by atoms with Gasteiger partial charge in [0.25, 0.3) is 0 Å². The summed E-state index contributed by atoms with van der Waals surface area (Å²) in [6.45, 7) is 0. The van der Waals surface area contributed by atoms with Crippen LogP contribution in [-0.4, -0.2) is 25.1 Å². The van der Waals surface area contributed by atoms with Crippen LogP contribution in [0.5, 0.6) is 0 Å². The van der Waals surface area contributed by atoms with Crippen molar-refractivity contribution < 1.29 is 0 Å². The minimum Gasteiger partial charge on any atom is -0.382 e. The average molecular weight is 227 g/mol. The summed E-state index contributed by atoms with van der Waals surface area (Å²) in [5.74, 6) is 1.03. The van der Waals surface area contributed by atoms with Gasteiger partial charge in [0.1, 0.15) is 5.82 Å². The van der Waals surface area contributed by atoms with Crippen LogP contribution in [0.4, 0.5) is 11.5 Å². The second kappa shape index (κ2) is 3.91. The van der Waals surface area contributed by atoms with Crippen LogP contribution in [0.15, 0.2) is 30.5 Å². The molecule has 0 radical (unpaired) electrons. The number of hydrogen-bond acceptors (Lipinski definition) is 3. The van der Waals surface area contributed by atoms with E-state index in [0.29, 0.717) is 6.04 Å². The number of anilines is 2. The lowest BCUT2D eigenvalue weighted by Crippen LogP contribution is -2.12. The number of nitrogens with zero attached hydrogens (tertiary/aromatic N) is 2. The Balaban J connectivity index is 2.18. The molecule has 3 rings (SSSR count). The summed E-state index contributed by atoms with van der Waals surface area (Å²) in [6, 6.07) is 9.13. The zero-order valence-electron chi connectivity index (χ0n) is 10.3. The lowest BCUT2D eigenvalue weighted by molar-refractivity contribution is 1.08. The Kier molecular flexibility index (Phi) is 2.39. The second-order valence-electron chi connectivity index (χ2n) is 4.85. The van der Waals surface area contributed by atoms with E-state index < -0.39 is 0 Å². The Labute approximate surface area is 101 Å². The van der Waals surface area contributed by atoms with Gasteiger partial charge in [-0.05, 0) is 30.4 Å². The van der Waals surface area contributed by atoms with Gasteiger partial charge in [-0.3, -0.25) is 0 Å². The fraction of sp³-hybridized carbons (Fsp3) is 0.357. The van der Waals surface area contributed by atoms with E-state index in [2.05, 4.69) is 39.5 Å². The molecular formula is C14H17N3. The zero-order chi connectivity index (χ0) is 11.8. The maximum atomic E-state index is 4.48. The van der Waals surface area contributed by atoms with Crippen molar-refractivity contribution in [1.29, 1.82) is 0 Å². The van der Waals surface area contributed by atoms with Crippen molar-refractivity contribution in [2.45, 2.75) is 18.9 Å². The van der Waals surface area contributed by atoms with Crippen molar-refractivity contribution in [1.82, 2.24) is 4.98 Å². The second-order valence-corrected chi connectivity index (χ2v) is 4.85. The van der Waals surface area contributed by atoms with Crippen molar-refractivity contribution in [3.63, 3.8) is 0 Å². The number of rotatable bonds is 3. The molecule has 1 aliphatic carbocycles. The smallest absolute Gasteiger partial charge is 0.137 e. The van der Waals surface area contributed by atoms with Gasteiger partial charge in [0.15, 0.2) is 0 Å². The van der Waals surface area contributed by atoms with Gasteiger partial charge in [-0.25, -0.2) is 4.98 Å². The van der Waals surface area contributed by atoms with Gasteiger partial charge in [-0.15, -0.1) is 0 Å². The van der Waals surface area contributed by atoms with E-state index >= 15 is 0 Å². The molecule has 0 bridgehead atoms. The van der Waals surface area contributed by atoms with Gasteiger partial charge in [0, 0.05) is 37.4 Å². The highest BCUT2D eigenvalue weighted by Gasteiger charge is 2.22. The molecule has 0 aliphatic heterocycles. The molecule has 2 aromatic rings. The minimum absolute atomic E-state index is 0.663. The summed E-state index contributed by atoms with van der Waals surface area (Å²) in [5.41, 5.74) is 1.21. The van der Waals surface area contributed by atoms with Crippen LogP contribution >= 0.6 is 0 Å². The largest absolute Gasteiger partial charge is 0.382 e. The average Bonchev–Trinajstić information content (AvgIpc) is 3.12. The topological polar surface area (TPSA) is 28.2 Å². The lowest BCUT2D eigenvalue weighted by Gasteiger charge is -2.17. The summed E-state index contributed by atoms with van der Waals surface area (Å²) in [4.78, 5) is 6.55. The number of pyridine rings is 1. The van der Waals surface area contributed by atoms with Crippen LogP contribution in [0.3, 0.4) is 0 Å². The maximum absolute atomic E-state index is 4.48. The van der Waals surface area contributed by atoms with Crippen LogP contribution < -0.4 is 10.2 Å². The van der Waals surface area contributed by atoms with Crippen LogP contribution in [0.1, 0.15) is 12.8 Å². The molecule has 0 unspecified atom stereocenters. The van der Waals surface area contributed by atoms with Crippen molar-refractivity contribution in [2.75, 3.05) is 24.3 Å². The number of fused-ring (bicyclic) bond motifs is 1. The molecule has 1 aliphatic rings. The predicted molar refractivity (Wildman–Crippen MR) is 72.7 cm³/mol. The summed E-state index contributed by atoms with van der Waals surface area (Å²) >= 11 is 0. The van der Waals surface area contributed by atoms with Crippen molar-refractivity contribution in [2.24, 2.45) is 0 Å². The summed E-state index contributed by atoms with van der Waals surface area (Å²) in [6.07, 6.45) is 4.44. The van der Waals surface area contributed by atoms with Crippen LogP contribution in [0, 0.1) is 0 Å². The molecule has 1 N–H and O–H groups in total. The number of benzene rings is 1. The first kappa shape index (κ1) is 10.4. The Morgan fingerprint density at radius 1 is 1.24 bits per heavy atom. The third kappa shape index (κ3) is 1.93. The fourth-order valence-corrected chi connectivity index (χ4v) is 2.12. The normalized spacial score (nSPS) is 14.9. The summed E-state index contributed by atoms with van der Waals surface area (Å²) in [7, 11) is 4.07. The number of hydrogen-bond donors (Lipinski definition) is 1. The number of aromatic nitrogens is 1. The molecule has 17 heavy (non-hydrogen) atoms. The van der Waals surface area contributed by atoms with E-state index in [9.17, 15) is 0 Å². The van der Waals surface area contributed by atoms with Crippen molar-refractivity contribution in [3.05, 3.63) is 30.5 Å². The highest BCUT2D eigenvalue weighted by atomic mass is 15.1. The Morgan fingerprint density at radius 2 is 2.06 bits per heavy atom. The predicted octanol–water partition coefficient (Wildman–Crippen LogP) is 2.88. The molecule has 1 fully saturated rings. The van der Waals surface area contributed by atoms with Crippen LogP contribution in [-0.2, 0) is 0 Å². The van der Waals surface area contributed by atoms with Gasteiger partial charge in [0.05, 0.1) is 0 Å². The van der Waals surface area contributed by atoms with E-state index in [4.69, 9.17) is 0 Å². The first-order valence-electron chi connectivity index (χ1n) is 6.07. The quantitative estimate of drug-likeness (QED) is 0.874. The molecule has 3 heteroatoms. The molecule has 0 saturated heterocycles. The van der Waals surface area contributed by atoms with E-state index in [1.54, 1.807) is 0 Å². The lowest BCUT2D eigenvalue weighted by atomic mass is 10.1. The molecule has 0 spiro atoms. The Morgan fingerprint density at radius 3 is 2.76 bits per heavy atom. The fourth-order valence-electron chi connectivity index (χ4n) is 2.12. The highest BCUT2D eigenvalue weighted by Crippen LogP contribution is 2.33. The zero-order valence-corrected chi connectivity index (χ0v) is 10.3. The third-order valence-electron chi connectivity index (χ3n) is 3.13. The van der Waals surface area contributed by atoms with Gasteiger partial charge in [-0.1, -0.05) is 12.1 Å². The monoisotopic (exact) mass is 227 g/mol. The van der Waals surface area contributed by atoms with E-state index in [1.165, 1.54) is 29.3 Å². The van der Waals surface area contributed by atoms with Crippen LogP contribution in [0.2, 0.25) is 0 Å². The van der Waals surface area contributed by atoms with E-state index in [-0.39, 0.29) is 0 Å². The standard InChI is InChI=1S/C14H17N3/c1-17(2)14-13-10(8-9-15-14)4-3-5-12(13)16-11-6-7-11/h3-5,8-9,11,16H,6-7H2,1-2H3. The first-order chi connectivity index (χ1) is 8.25. The SMILES string of the molecule is CN(C)c1nccc2cccc(NC3CC3)c12. The summed E-state index contributed by atoms with van der Waals surface area (Å²) in [5, 5.41) is 6.06. The first-order valence-corrected chi connectivity index (χ1v) is 6.07. The maximum Gasteiger partial charge on any atom is 0.137 e. The van der Waals surface area contributed by atoms with Crippen LogP contribution in [0.25, 0.3) is 10.8 Å². The molecule has 0 atom stereocenters. The van der Waals surface area contributed by atoms with Gasteiger partial charge < -0.3 is 10.2 Å². The van der Waals surface area contributed by atoms with E-state index in [0.717, 1.165) is 5.82 Å². The van der Waals surface area contributed by atoms with Crippen molar-refractivity contribution >= 4 is 22.3 Å². The highest BCUT2D eigenvalue weighted by molar-refractivity contribution is 6.01. The molecule has 3 nitrogen and oxygen atoms in total. The third-order valence-corrected chi connectivity index (χ3v) is 3.13.